The monoisotopic (exact) mass is 269 g/mol. The molecule has 1 unspecified atom stereocenters. The van der Waals surface area contributed by atoms with Crippen LogP contribution in [-0.4, -0.2) is 19.6 Å². The molecule has 0 fully saturated rings. The highest BCUT2D eigenvalue weighted by Crippen LogP contribution is 2.22. The topological polar surface area (TPSA) is 38.3 Å². The van der Waals surface area contributed by atoms with Crippen LogP contribution in [0.2, 0.25) is 0 Å². The van der Waals surface area contributed by atoms with Crippen LogP contribution < -0.4 is 5.32 Å². The normalized spacial score (nSPS) is 11.9. The summed E-state index contributed by atoms with van der Waals surface area (Å²) in [4.78, 5) is 11.4. The fraction of sp³-hybridized carbons (Fsp3) is 0.235. The minimum atomic E-state index is -0.265. The number of methoxy groups -OCH3 is 1. The van der Waals surface area contributed by atoms with Crippen molar-refractivity contribution in [1.29, 1.82) is 0 Å². The Morgan fingerprint density at radius 2 is 1.80 bits per heavy atom. The van der Waals surface area contributed by atoms with E-state index in [9.17, 15) is 4.79 Å². The van der Waals surface area contributed by atoms with Gasteiger partial charge in [-0.25, -0.2) is 0 Å². The molecule has 2 rings (SSSR count). The Morgan fingerprint density at radius 3 is 2.45 bits per heavy atom. The molecule has 0 spiro atoms. The van der Waals surface area contributed by atoms with Crippen molar-refractivity contribution in [3.63, 3.8) is 0 Å². The van der Waals surface area contributed by atoms with Gasteiger partial charge >= 0.3 is 5.97 Å². The summed E-state index contributed by atoms with van der Waals surface area (Å²) in [5.41, 5.74) is 3.46. The maximum Gasteiger partial charge on any atom is 0.319 e. The lowest BCUT2D eigenvalue weighted by molar-refractivity contribution is -0.139. The van der Waals surface area contributed by atoms with E-state index < -0.39 is 0 Å². The zero-order chi connectivity index (χ0) is 14.4. The van der Waals surface area contributed by atoms with Gasteiger partial charge in [0.25, 0.3) is 0 Å². The van der Waals surface area contributed by atoms with Crippen molar-refractivity contribution >= 4 is 5.97 Å². The summed E-state index contributed by atoms with van der Waals surface area (Å²) in [7, 11) is 1.40. The Hall–Kier alpha value is -2.13. The molecule has 3 heteroatoms. The van der Waals surface area contributed by atoms with Crippen molar-refractivity contribution < 1.29 is 9.53 Å². The molecule has 0 aliphatic carbocycles. The first kappa shape index (κ1) is 14.3. The molecule has 0 heterocycles. The summed E-state index contributed by atoms with van der Waals surface area (Å²) >= 11 is 0. The summed E-state index contributed by atoms with van der Waals surface area (Å²) in [6.07, 6.45) is 0. The molecule has 1 atom stereocenters. The second-order valence-electron chi connectivity index (χ2n) is 4.71. The molecular weight excluding hydrogens is 250 g/mol. The number of carbonyl (C=O) groups excluding carboxylic acids is 1. The van der Waals surface area contributed by atoms with Crippen LogP contribution in [0.5, 0.6) is 0 Å². The van der Waals surface area contributed by atoms with E-state index in [1.807, 2.05) is 24.3 Å². The van der Waals surface area contributed by atoms with E-state index in [1.165, 1.54) is 12.7 Å². The van der Waals surface area contributed by atoms with Crippen molar-refractivity contribution in [1.82, 2.24) is 5.32 Å². The fourth-order valence-electron chi connectivity index (χ4n) is 2.18. The highest BCUT2D eigenvalue weighted by atomic mass is 16.5. The third kappa shape index (κ3) is 3.68. The standard InChI is InChI=1S/C17H19NO2/c1-13-7-6-10-15(11-13)17(18-12-16(19)20-2)14-8-4-3-5-9-14/h3-11,17-18H,12H2,1-2H3. The molecule has 0 saturated heterocycles. The van der Waals surface area contributed by atoms with Gasteiger partial charge in [-0.05, 0) is 18.1 Å². The van der Waals surface area contributed by atoms with Gasteiger partial charge in [0.15, 0.2) is 0 Å². The molecule has 1 N–H and O–H groups in total. The Balaban J connectivity index is 2.27. The van der Waals surface area contributed by atoms with Gasteiger partial charge in [0.2, 0.25) is 0 Å². The van der Waals surface area contributed by atoms with E-state index >= 15 is 0 Å². The van der Waals surface area contributed by atoms with Crippen LogP contribution in [0.15, 0.2) is 54.6 Å². The van der Waals surface area contributed by atoms with E-state index in [1.54, 1.807) is 0 Å². The van der Waals surface area contributed by atoms with E-state index in [-0.39, 0.29) is 18.6 Å². The van der Waals surface area contributed by atoms with E-state index in [0.29, 0.717) is 0 Å². The van der Waals surface area contributed by atoms with Crippen LogP contribution in [0.25, 0.3) is 0 Å². The van der Waals surface area contributed by atoms with Gasteiger partial charge in [0, 0.05) is 0 Å². The van der Waals surface area contributed by atoms with Gasteiger partial charge in [-0.2, -0.15) is 0 Å². The van der Waals surface area contributed by atoms with Gasteiger partial charge in [0.05, 0.1) is 19.7 Å². The molecule has 20 heavy (non-hydrogen) atoms. The highest BCUT2D eigenvalue weighted by molar-refractivity contribution is 5.71. The van der Waals surface area contributed by atoms with Crippen molar-refractivity contribution in [2.45, 2.75) is 13.0 Å². The largest absolute Gasteiger partial charge is 0.468 e. The SMILES string of the molecule is COC(=O)CNC(c1ccccc1)c1cccc(C)c1. The smallest absolute Gasteiger partial charge is 0.319 e. The average Bonchev–Trinajstić information content (AvgIpc) is 2.48. The molecule has 0 amide bonds. The zero-order valence-electron chi connectivity index (χ0n) is 11.8. The van der Waals surface area contributed by atoms with Crippen LogP contribution in [0, 0.1) is 6.92 Å². The molecule has 0 aliphatic rings. The number of rotatable bonds is 5. The van der Waals surface area contributed by atoms with Crippen molar-refractivity contribution in [2.75, 3.05) is 13.7 Å². The maximum absolute atomic E-state index is 11.4. The Bertz CT molecular complexity index is 566. The number of esters is 1. The molecule has 0 saturated carbocycles. The molecular formula is C17H19NO2. The number of aryl methyl sites for hydroxylation is 1. The number of nitrogens with one attached hydrogen (secondary N) is 1. The van der Waals surface area contributed by atoms with Gasteiger partial charge in [-0.1, -0.05) is 60.2 Å². The third-order valence-electron chi connectivity index (χ3n) is 3.19. The number of ether oxygens (including phenoxy) is 1. The molecule has 0 aromatic heterocycles. The summed E-state index contributed by atoms with van der Waals surface area (Å²) in [5, 5.41) is 3.26. The summed E-state index contributed by atoms with van der Waals surface area (Å²) < 4.78 is 4.69. The van der Waals surface area contributed by atoms with Crippen LogP contribution in [-0.2, 0) is 9.53 Å². The van der Waals surface area contributed by atoms with Gasteiger partial charge in [-0.3, -0.25) is 10.1 Å². The number of hydrogen-bond acceptors (Lipinski definition) is 3. The molecule has 2 aromatic rings. The molecule has 0 bridgehead atoms. The Morgan fingerprint density at radius 1 is 1.10 bits per heavy atom. The van der Waals surface area contributed by atoms with Gasteiger partial charge < -0.3 is 4.74 Å². The van der Waals surface area contributed by atoms with Gasteiger partial charge in [-0.15, -0.1) is 0 Å². The number of carbonyl (C=O) groups is 1. The van der Waals surface area contributed by atoms with E-state index in [0.717, 1.165) is 11.1 Å². The van der Waals surface area contributed by atoms with Gasteiger partial charge in [0.1, 0.15) is 0 Å². The highest BCUT2D eigenvalue weighted by Gasteiger charge is 2.15. The van der Waals surface area contributed by atoms with E-state index in [2.05, 4.69) is 42.6 Å². The quantitative estimate of drug-likeness (QED) is 0.848. The maximum atomic E-state index is 11.4. The molecule has 0 radical (unpaired) electrons. The van der Waals surface area contributed by atoms with Crippen molar-refractivity contribution in [3.8, 4) is 0 Å². The van der Waals surface area contributed by atoms with Crippen LogP contribution in [0.1, 0.15) is 22.7 Å². The molecule has 0 aliphatic heterocycles. The van der Waals surface area contributed by atoms with Crippen molar-refractivity contribution in [3.05, 3.63) is 71.3 Å². The second-order valence-corrected chi connectivity index (χ2v) is 4.71. The Kier molecular flexibility index (Phi) is 4.91. The summed E-state index contributed by atoms with van der Waals surface area (Å²) in [5.74, 6) is -0.265. The van der Waals surface area contributed by atoms with Crippen molar-refractivity contribution in [2.24, 2.45) is 0 Å². The number of benzene rings is 2. The fourth-order valence-corrected chi connectivity index (χ4v) is 2.18. The van der Waals surface area contributed by atoms with Crippen LogP contribution in [0.4, 0.5) is 0 Å². The lowest BCUT2D eigenvalue weighted by Crippen LogP contribution is -2.29. The second kappa shape index (κ2) is 6.87. The minimum absolute atomic E-state index is 0.0183. The lowest BCUT2D eigenvalue weighted by atomic mass is 9.97. The summed E-state index contributed by atoms with van der Waals surface area (Å²) in [6, 6.07) is 18.3. The first-order chi connectivity index (χ1) is 9.70. The van der Waals surface area contributed by atoms with E-state index in [4.69, 9.17) is 4.74 Å². The predicted octanol–water partition coefficient (Wildman–Crippen LogP) is 2.85. The molecule has 3 nitrogen and oxygen atoms in total. The minimum Gasteiger partial charge on any atom is -0.468 e. The summed E-state index contributed by atoms with van der Waals surface area (Å²) in [6.45, 7) is 2.25. The first-order valence-corrected chi connectivity index (χ1v) is 6.62. The average molecular weight is 269 g/mol. The van der Waals surface area contributed by atoms with Crippen LogP contribution >= 0.6 is 0 Å². The molecule has 2 aromatic carbocycles. The predicted molar refractivity (Wildman–Crippen MR) is 79.5 cm³/mol. The molecule has 104 valence electrons. The Labute approximate surface area is 119 Å². The number of hydrogen-bond donors (Lipinski definition) is 1. The lowest BCUT2D eigenvalue weighted by Gasteiger charge is -2.19. The first-order valence-electron chi connectivity index (χ1n) is 6.62. The zero-order valence-corrected chi connectivity index (χ0v) is 11.8. The van der Waals surface area contributed by atoms with Crippen LogP contribution in [0.3, 0.4) is 0 Å². The third-order valence-corrected chi connectivity index (χ3v) is 3.19.